The number of hydrogen-bond donors (Lipinski definition) is 1. The predicted octanol–water partition coefficient (Wildman–Crippen LogP) is 2.41. The molecule has 1 saturated heterocycles. The van der Waals surface area contributed by atoms with Crippen LogP contribution in [-0.4, -0.2) is 35.4 Å². The molecule has 1 fully saturated rings. The quantitative estimate of drug-likeness (QED) is 0.636. The van der Waals surface area contributed by atoms with Gasteiger partial charge < -0.3 is 10.1 Å². The summed E-state index contributed by atoms with van der Waals surface area (Å²) in [7, 11) is 0. The zero-order valence-electron chi connectivity index (χ0n) is 13.1. The van der Waals surface area contributed by atoms with E-state index in [-0.39, 0.29) is 11.2 Å². The van der Waals surface area contributed by atoms with Crippen molar-refractivity contribution in [2.24, 2.45) is 5.92 Å². The standard InChI is InChI=1S/C17H21NO4S/c1-12(15(19)22-16(20)14-8-5-10-18-14)9-11-23-17(21)13-6-3-2-4-7-13/h2-4,6-7,12,14,18H,5,8-11H2,1H3/t12?,14-/m0/s1. The van der Waals surface area contributed by atoms with E-state index in [9.17, 15) is 14.4 Å². The lowest BCUT2D eigenvalue weighted by Gasteiger charge is -2.12. The lowest BCUT2D eigenvalue weighted by molar-refractivity contribution is -0.163. The third-order valence-electron chi connectivity index (χ3n) is 3.74. The van der Waals surface area contributed by atoms with Crippen LogP contribution >= 0.6 is 11.8 Å². The Balaban J connectivity index is 1.69. The molecule has 2 atom stereocenters. The van der Waals surface area contributed by atoms with Crippen LogP contribution in [0, 0.1) is 5.92 Å². The first kappa shape index (κ1) is 17.7. The second kappa shape index (κ2) is 8.84. The van der Waals surface area contributed by atoms with Gasteiger partial charge in [0.05, 0.1) is 5.92 Å². The molecule has 5 nitrogen and oxygen atoms in total. The van der Waals surface area contributed by atoms with E-state index >= 15 is 0 Å². The zero-order valence-corrected chi connectivity index (χ0v) is 13.9. The summed E-state index contributed by atoms with van der Waals surface area (Å²) in [6.07, 6.45) is 2.12. The van der Waals surface area contributed by atoms with Crippen LogP contribution in [0.25, 0.3) is 0 Å². The summed E-state index contributed by atoms with van der Waals surface area (Å²) in [6, 6.07) is 8.66. The van der Waals surface area contributed by atoms with Crippen molar-refractivity contribution in [3.63, 3.8) is 0 Å². The number of carbonyl (C=O) groups is 3. The molecule has 0 aliphatic carbocycles. The van der Waals surface area contributed by atoms with Gasteiger partial charge in [0, 0.05) is 11.3 Å². The Hall–Kier alpha value is -1.66. The lowest BCUT2D eigenvalue weighted by Crippen LogP contribution is -2.35. The van der Waals surface area contributed by atoms with E-state index in [1.54, 1.807) is 19.1 Å². The average molecular weight is 335 g/mol. The Morgan fingerprint density at radius 2 is 2.04 bits per heavy atom. The monoisotopic (exact) mass is 335 g/mol. The molecule has 1 aliphatic heterocycles. The van der Waals surface area contributed by atoms with Crippen LogP contribution < -0.4 is 5.32 Å². The second-order valence-corrected chi connectivity index (χ2v) is 6.65. The van der Waals surface area contributed by atoms with Gasteiger partial charge in [0.15, 0.2) is 0 Å². The minimum atomic E-state index is -0.517. The predicted molar refractivity (Wildman–Crippen MR) is 89.1 cm³/mol. The van der Waals surface area contributed by atoms with Gasteiger partial charge in [-0.2, -0.15) is 0 Å². The summed E-state index contributed by atoms with van der Waals surface area (Å²) in [5.41, 5.74) is 0.648. The highest BCUT2D eigenvalue weighted by Crippen LogP contribution is 2.17. The van der Waals surface area contributed by atoms with Gasteiger partial charge in [0.25, 0.3) is 0 Å². The fraction of sp³-hybridized carbons (Fsp3) is 0.471. The van der Waals surface area contributed by atoms with Crippen LogP contribution in [0.2, 0.25) is 0 Å². The topological polar surface area (TPSA) is 72.5 Å². The van der Waals surface area contributed by atoms with E-state index in [0.29, 0.717) is 24.2 Å². The summed E-state index contributed by atoms with van der Waals surface area (Å²) in [4.78, 5) is 35.6. The molecule has 1 aromatic rings. The number of hydrogen-bond acceptors (Lipinski definition) is 6. The summed E-state index contributed by atoms with van der Waals surface area (Å²) in [5, 5.41) is 2.99. The number of thioether (sulfide) groups is 1. The van der Waals surface area contributed by atoms with Crippen molar-refractivity contribution in [2.75, 3.05) is 12.3 Å². The molecule has 1 N–H and O–H groups in total. The Kier molecular flexibility index (Phi) is 6.80. The summed E-state index contributed by atoms with van der Waals surface area (Å²) in [6.45, 7) is 2.49. The van der Waals surface area contributed by atoms with Gasteiger partial charge in [-0.1, -0.05) is 49.0 Å². The van der Waals surface area contributed by atoms with Crippen molar-refractivity contribution < 1.29 is 19.1 Å². The molecule has 0 spiro atoms. The van der Waals surface area contributed by atoms with Gasteiger partial charge in [-0.15, -0.1) is 0 Å². The van der Waals surface area contributed by atoms with Crippen LogP contribution in [-0.2, 0) is 14.3 Å². The van der Waals surface area contributed by atoms with Crippen LogP contribution in [0.5, 0.6) is 0 Å². The molecular weight excluding hydrogens is 314 g/mol. The van der Waals surface area contributed by atoms with Crippen LogP contribution in [0.15, 0.2) is 30.3 Å². The molecule has 23 heavy (non-hydrogen) atoms. The van der Waals surface area contributed by atoms with Gasteiger partial charge in [-0.25, -0.2) is 4.79 Å². The Labute approximate surface area is 140 Å². The molecule has 0 radical (unpaired) electrons. The number of nitrogens with one attached hydrogen (secondary N) is 1. The van der Waals surface area contributed by atoms with E-state index in [2.05, 4.69) is 5.32 Å². The first-order valence-electron chi connectivity index (χ1n) is 7.79. The third kappa shape index (κ3) is 5.48. The lowest BCUT2D eigenvalue weighted by atomic mass is 10.1. The van der Waals surface area contributed by atoms with E-state index in [4.69, 9.17) is 4.74 Å². The average Bonchev–Trinajstić information content (AvgIpc) is 3.10. The van der Waals surface area contributed by atoms with Gasteiger partial charge in [-0.3, -0.25) is 9.59 Å². The summed E-state index contributed by atoms with van der Waals surface area (Å²) in [5.74, 6) is -0.903. The molecule has 1 heterocycles. The Bertz CT molecular complexity index is 555. The Morgan fingerprint density at radius 1 is 1.30 bits per heavy atom. The third-order valence-corrected chi connectivity index (χ3v) is 4.68. The van der Waals surface area contributed by atoms with Crippen molar-refractivity contribution in [1.82, 2.24) is 5.32 Å². The van der Waals surface area contributed by atoms with E-state index < -0.39 is 17.9 Å². The number of esters is 2. The highest BCUT2D eigenvalue weighted by atomic mass is 32.2. The number of carbonyl (C=O) groups excluding carboxylic acids is 3. The van der Waals surface area contributed by atoms with Crippen molar-refractivity contribution in [1.29, 1.82) is 0 Å². The number of rotatable bonds is 6. The van der Waals surface area contributed by atoms with Crippen molar-refractivity contribution >= 4 is 28.8 Å². The zero-order chi connectivity index (χ0) is 16.7. The van der Waals surface area contributed by atoms with Crippen LogP contribution in [0.3, 0.4) is 0 Å². The highest BCUT2D eigenvalue weighted by Gasteiger charge is 2.27. The fourth-order valence-electron chi connectivity index (χ4n) is 2.26. The smallest absolute Gasteiger partial charge is 0.330 e. The maximum Gasteiger partial charge on any atom is 0.330 e. The molecule has 0 saturated carbocycles. The Morgan fingerprint density at radius 3 is 2.70 bits per heavy atom. The van der Waals surface area contributed by atoms with Crippen molar-refractivity contribution in [3.8, 4) is 0 Å². The van der Waals surface area contributed by atoms with Crippen molar-refractivity contribution in [3.05, 3.63) is 35.9 Å². The van der Waals surface area contributed by atoms with Gasteiger partial charge in [-0.05, 0) is 25.8 Å². The number of benzene rings is 1. The van der Waals surface area contributed by atoms with Crippen LogP contribution in [0.1, 0.15) is 36.5 Å². The first-order chi connectivity index (χ1) is 11.1. The molecule has 1 aromatic carbocycles. The van der Waals surface area contributed by atoms with Gasteiger partial charge in [0.2, 0.25) is 5.12 Å². The first-order valence-corrected chi connectivity index (χ1v) is 8.77. The molecule has 0 amide bonds. The maximum absolute atomic E-state index is 11.9. The molecule has 1 unspecified atom stereocenters. The minimum absolute atomic E-state index is 0.0163. The fourth-order valence-corrected chi connectivity index (χ4v) is 3.22. The normalized spacial score (nSPS) is 18.4. The van der Waals surface area contributed by atoms with E-state index in [1.165, 1.54) is 11.8 Å². The molecule has 2 rings (SSSR count). The summed E-state index contributed by atoms with van der Waals surface area (Å²) >= 11 is 1.18. The molecule has 6 heteroatoms. The highest BCUT2D eigenvalue weighted by molar-refractivity contribution is 8.14. The van der Waals surface area contributed by atoms with Gasteiger partial charge >= 0.3 is 11.9 Å². The molecule has 0 aromatic heterocycles. The SMILES string of the molecule is CC(CCSC(=O)c1ccccc1)C(=O)OC(=O)[C@@H]1CCCN1. The van der Waals surface area contributed by atoms with Crippen LogP contribution in [0.4, 0.5) is 0 Å². The molecule has 0 bridgehead atoms. The molecule has 124 valence electrons. The second-order valence-electron chi connectivity index (χ2n) is 5.58. The maximum atomic E-state index is 11.9. The van der Waals surface area contributed by atoms with E-state index in [1.807, 2.05) is 18.2 Å². The molecule has 1 aliphatic rings. The van der Waals surface area contributed by atoms with Crippen molar-refractivity contribution in [2.45, 2.75) is 32.2 Å². The van der Waals surface area contributed by atoms with E-state index in [0.717, 1.165) is 13.0 Å². The number of ether oxygens (including phenoxy) is 1. The van der Waals surface area contributed by atoms with Gasteiger partial charge in [0.1, 0.15) is 6.04 Å². The molecular formula is C17H21NO4S. The minimum Gasteiger partial charge on any atom is -0.392 e. The summed E-state index contributed by atoms with van der Waals surface area (Å²) < 4.78 is 4.90. The largest absolute Gasteiger partial charge is 0.392 e.